The molecule has 0 amide bonds. The standard InChI is InChI=1S/C4H9NO.ClH/c5-2-1-4-3-6-4;/h4H,1-3,5H2;1H. The van der Waals surface area contributed by atoms with E-state index in [4.69, 9.17) is 10.5 Å². The second-order valence-corrected chi connectivity index (χ2v) is 1.53. The van der Waals surface area contributed by atoms with Crippen molar-refractivity contribution in [3.05, 3.63) is 0 Å². The van der Waals surface area contributed by atoms with Crippen molar-refractivity contribution in [1.82, 2.24) is 0 Å². The summed E-state index contributed by atoms with van der Waals surface area (Å²) in [5, 5.41) is 0. The van der Waals surface area contributed by atoms with E-state index >= 15 is 0 Å². The summed E-state index contributed by atoms with van der Waals surface area (Å²) in [6, 6.07) is 0. The highest BCUT2D eigenvalue weighted by Crippen LogP contribution is 2.10. The molecule has 0 radical (unpaired) electrons. The van der Waals surface area contributed by atoms with Crippen LogP contribution in [0.5, 0.6) is 0 Å². The van der Waals surface area contributed by atoms with E-state index in [1.165, 1.54) is 0 Å². The lowest BCUT2D eigenvalue weighted by Gasteiger charge is -1.80. The van der Waals surface area contributed by atoms with Gasteiger partial charge in [0, 0.05) is 0 Å². The van der Waals surface area contributed by atoms with Gasteiger partial charge in [-0.2, -0.15) is 0 Å². The van der Waals surface area contributed by atoms with Crippen LogP contribution in [0.3, 0.4) is 0 Å². The van der Waals surface area contributed by atoms with Gasteiger partial charge in [-0.15, -0.1) is 12.4 Å². The normalized spacial score (nSPS) is 26.1. The van der Waals surface area contributed by atoms with Crippen LogP contribution in [0.1, 0.15) is 6.42 Å². The lowest BCUT2D eigenvalue weighted by Crippen LogP contribution is -2.01. The maximum Gasteiger partial charge on any atom is 0.0822 e. The van der Waals surface area contributed by atoms with E-state index in [9.17, 15) is 0 Å². The van der Waals surface area contributed by atoms with Crippen LogP contribution >= 0.6 is 12.4 Å². The van der Waals surface area contributed by atoms with E-state index < -0.39 is 0 Å². The third-order valence-corrected chi connectivity index (χ3v) is 0.891. The van der Waals surface area contributed by atoms with Crippen molar-refractivity contribution in [2.45, 2.75) is 12.5 Å². The molecule has 1 rings (SSSR count). The van der Waals surface area contributed by atoms with Gasteiger partial charge in [0.05, 0.1) is 12.7 Å². The number of nitrogens with two attached hydrogens (primary N) is 1. The highest BCUT2D eigenvalue weighted by molar-refractivity contribution is 5.85. The Labute approximate surface area is 49.4 Å². The van der Waals surface area contributed by atoms with Gasteiger partial charge in [0.2, 0.25) is 0 Å². The Morgan fingerprint density at radius 2 is 2.29 bits per heavy atom. The molecule has 0 spiro atoms. The van der Waals surface area contributed by atoms with Crippen LogP contribution < -0.4 is 5.73 Å². The Morgan fingerprint density at radius 1 is 1.71 bits per heavy atom. The molecular formula is C4H10ClNO. The first kappa shape index (κ1) is 7.21. The Bertz CT molecular complexity index is 47.0. The average molecular weight is 124 g/mol. The van der Waals surface area contributed by atoms with Gasteiger partial charge in [0.1, 0.15) is 0 Å². The van der Waals surface area contributed by atoms with Crippen molar-refractivity contribution in [2.75, 3.05) is 13.2 Å². The number of ether oxygens (including phenoxy) is 1. The molecule has 1 aliphatic heterocycles. The van der Waals surface area contributed by atoms with Crippen molar-refractivity contribution in [3.8, 4) is 0 Å². The van der Waals surface area contributed by atoms with Gasteiger partial charge >= 0.3 is 0 Å². The minimum absolute atomic E-state index is 0. The summed E-state index contributed by atoms with van der Waals surface area (Å²) < 4.78 is 4.87. The molecule has 1 fully saturated rings. The SMILES string of the molecule is Cl.NCCC1CO1. The highest BCUT2D eigenvalue weighted by Gasteiger charge is 2.20. The van der Waals surface area contributed by atoms with Crippen LogP contribution in [0.15, 0.2) is 0 Å². The fourth-order valence-electron chi connectivity index (χ4n) is 0.421. The number of halogens is 1. The molecule has 7 heavy (non-hydrogen) atoms. The molecule has 0 aromatic heterocycles. The van der Waals surface area contributed by atoms with Crippen LogP contribution in [0, 0.1) is 0 Å². The van der Waals surface area contributed by atoms with E-state index in [0.717, 1.165) is 19.6 Å². The molecule has 1 saturated heterocycles. The van der Waals surface area contributed by atoms with Crippen LogP contribution in [-0.2, 0) is 4.74 Å². The number of hydrogen-bond donors (Lipinski definition) is 1. The quantitative estimate of drug-likeness (QED) is 0.531. The molecule has 0 saturated carbocycles. The van der Waals surface area contributed by atoms with Crippen molar-refractivity contribution >= 4 is 12.4 Å². The second-order valence-electron chi connectivity index (χ2n) is 1.53. The van der Waals surface area contributed by atoms with Gasteiger partial charge in [-0.1, -0.05) is 0 Å². The Morgan fingerprint density at radius 3 is 2.43 bits per heavy atom. The fourth-order valence-corrected chi connectivity index (χ4v) is 0.421. The van der Waals surface area contributed by atoms with Crippen molar-refractivity contribution in [2.24, 2.45) is 5.73 Å². The van der Waals surface area contributed by atoms with Gasteiger partial charge in [-0.25, -0.2) is 0 Å². The lowest BCUT2D eigenvalue weighted by molar-refractivity contribution is 0.399. The summed E-state index contributed by atoms with van der Waals surface area (Å²) in [5.74, 6) is 0. The summed E-state index contributed by atoms with van der Waals surface area (Å²) in [5.41, 5.74) is 5.19. The van der Waals surface area contributed by atoms with E-state index in [1.54, 1.807) is 0 Å². The average Bonchev–Trinajstić information content (AvgIpc) is 2.21. The molecule has 2 N–H and O–H groups in total. The third kappa shape index (κ3) is 2.85. The maximum absolute atomic E-state index is 5.19. The van der Waals surface area contributed by atoms with E-state index in [0.29, 0.717) is 6.10 Å². The van der Waals surface area contributed by atoms with Gasteiger partial charge in [0.25, 0.3) is 0 Å². The molecule has 1 atom stereocenters. The lowest BCUT2D eigenvalue weighted by atomic mass is 10.3. The number of epoxide rings is 1. The van der Waals surface area contributed by atoms with Gasteiger partial charge in [-0.05, 0) is 13.0 Å². The zero-order valence-corrected chi connectivity index (χ0v) is 4.91. The molecule has 2 nitrogen and oxygen atoms in total. The summed E-state index contributed by atoms with van der Waals surface area (Å²) >= 11 is 0. The molecule has 0 aliphatic carbocycles. The molecule has 0 aromatic rings. The first-order valence-corrected chi connectivity index (χ1v) is 2.25. The monoisotopic (exact) mass is 123 g/mol. The minimum Gasteiger partial charge on any atom is -0.373 e. The maximum atomic E-state index is 5.19. The Hall–Kier alpha value is 0.210. The third-order valence-electron chi connectivity index (χ3n) is 0.891. The van der Waals surface area contributed by atoms with Crippen LogP contribution in [0.25, 0.3) is 0 Å². The predicted octanol–water partition coefficient (Wildman–Crippen LogP) is 0.156. The van der Waals surface area contributed by atoms with Crippen molar-refractivity contribution in [1.29, 1.82) is 0 Å². The van der Waals surface area contributed by atoms with E-state index in [-0.39, 0.29) is 12.4 Å². The first-order chi connectivity index (χ1) is 2.93. The Balaban J connectivity index is 0.000000360. The summed E-state index contributed by atoms with van der Waals surface area (Å²) in [6.07, 6.45) is 1.56. The van der Waals surface area contributed by atoms with Crippen molar-refractivity contribution < 1.29 is 4.74 Å². The second kappa shape index (κ2) is 3.24. The first-order valence-electron chi connectivity index (χ1n) is 2.25. The zero-order chi connectivity index (χ0) is 4.41. The molecular weight excluding hydrogens is 114 g/mol. The van der Waals surface area contributed by atoms with Crippen LogP contribution in [0.4, 0.5) is 0 Å². The molecule has 44 valence electrons. The molecule has 1 aliphatic rings. The highest BCUT2D eigenvalue weighted by atomic mass is 35.5. The smallest absolute Gasteiger partial charge is 0.0822 e. The summed E-state index contributed by atoms with van der Waals surface area (Å²) in [4.78, 5) is 0. The predicted molar refractivity (Wildman–Crippen MR) is 30.7 cm³/mol. The van der Waals surface area contributed by atoms with Crippen molar-refractivity contribution in [3.63, 3.8) is 0 Å². The topological polar surface area (TPSA) is 38.5 Å². The van der Waals surface area contributed by atoms with Crippen LogP contribution in [0.2, 0.25) is 0 Å². The molecule has 1 heterocycles. The number of rotatable bonds is 2. The molecule has 1 unspecified atom stereocenters. The fraction of sp³-hybridized carbons (Fsp3) is 1.00. The summed E-state index contributed by atoms with van der Waals surface area (Å²) in [6.45, 7) is 1.71. The summed E-state index contributed by atoms with van der Waals surface area (Å²) in [7, 11) is 0. The molecule has 3 heteroatoms. The van der Waals surface area contributed by atoms with Gasteiger partial charge in [0.15, 0.2) is 0 Å². The van der Waals surface area contributed by atoms with E-state index in [1.807, 2.05) is 0 Å². The number of hydrogen-bond acceptors (Lipinski definition) is 2. The van der Waals surface area contributed by atoms with Crippen LogP contribution in [-0.4, -0.2) is 19.3 Å². The van der Waals surface area contributed by atoms with Gasteiger partial charge < -0.3 is 10.5 Å². The minimum atomic E-state index is 0. The molecule has 0 aromatic carbocycles. The molecule has 0 bridgehead atoms. The van der Waals surface area contributed by atoms with Gasteiger partial charge in [-0.3, -0.25) is 0 Å². The van der Waals surface area contributed by atoms with E-state index in [2.05, 4.69) is 0 Å². The zero-order valence-electron chi connectivity index (χ0n) is 4.09. The largest absolute Gasteiger partial charge is 0.373 e. The Kier molecular flexibility index (Phi) is 3.34.